The number of nitrogen functional groups attached to an aromatic ring is 1. The van der Waals surface area contributed by atoms with E-state index < -0.39 is 0 Å². The summed E-state index contributed by atoms with van der Waals surface area (Å²) in [6.45, 7) is 8.80. The molecule has 108 valence electrons. The molecule has 0 bridgehead atoms. The zero-order valence-corrected chi connectivity index (χ0v) is 12.8. The van der Waals surface area contributed by atoms with E-state index in [-0.39, 0.29) is 0 Å². The molecule has 1 aromatic carbocycles. The molecule has 2 N–H and O–H groups in total. The summed E-state index contributed by atoms with van der Waals surface area (Å²) in [6, 6.07) is 6.52. The zero-order chi connectivity index (χ0) is 14.3. The van der Waals surface area contributed by atoms with Gasteiger partial charge in [-0.1, -0.05) is 19.8 Å². The van der Waals surface area contributed by atoms with E-state index in [4.69, 9.17) is 10.5 Å². The van der Waals surface area contributed by atoms with Crippen LogP contribution in [-0.2, 0) is 6.54 Å². The fourth-order valence-electron chi connectivity index (χ4n) is 2.21. The topological polar surface area (TPSA) is 38.5 Å². The molecular formula is C16H28N2O. The van der Waals surface area contributed by atoms with Crippen molar-refractivity contribution in [1.29, 1.82) is 0 Å². The zero-order valence-electron chi connectivity index (χ0n) is 12.8. The van der Waals surface area contributed by atoms with Crippen molar-refractivity contribution < 1.29 is 4.74 Å². The van der Waals surface area contributed by atoms with Gasteiger partial charge in [-0.05, 0) is 44.5 Å². The fourth-order valence-corrected chi connectivity index (χ4v) is 2.21. The van der Waals surface area contributed by atoms with Crippen LogP contribution >= 0.6 is 0 Å². The van der Waals surface area contributed by atoms with Crippen molar-refractivity contribution in [1.82, 2.24) is 4.90 Å². The van der Waals surface area contributed by atoms with Crippen molar-refractivity contribution in [3.05, 3.63) is 23.8 Å². The Kier molecular flexibility index (Phi) is 6.71. The van der Waals surface area contributed by atoms with Crippen molar-refractivity contribution in [3.63, 3.8) is 0 Å². The first kappa shape index (κ1) is 15.8. The highest BCUT2D eigenvalue weighted by molar-refractivity contribution is 5.47. The maximum absolute atomic E-state index is 5.91. The minimum atomic E-state index is 0.546. The molecule has 0 heterocycles. The summed E-state index contributed by atoms with van der Waals surface area (Å²) in [7, 11) is 1.68. The molecule has 0 saturated carbocycles. The molecule has 1 aromatic rings. The van der Waals surface area contributed by atoms with Crippen LogP contribution in [0.5, 0.6) is 5.75 Å². The SMILES string of the molecule is CCCCCN(Cc1cc(N)cc(OC)c1)C(C)C. The molecule has 0 aliphatic carbocycles. The molecular weight excluding hydrogens is 236 g/mol. The van der Waals surface area contributed by atoms with Crippen molar-refractivity contribution >= 4 is 5.69 Å². The average Bonchev–Trinajstić information content (AvgIpc) is 2.37. The number of benzene rings is 1. The number of rotatable bonds is 8. The normalized spacial score (nSPS) is 11.3. The van der Waals surface area contributed by atoms with Crippen LogP contribution in [0.2, 0.25) is 0 Å². The second kappa shape index (κ2) is 8.05. The number of nitrogens with zero attached hydrogens (tertiary/aromatic N) is 1. The van der Waals surface area contributed by atoms with E-state index in [1.165, 1.54) is 24.8 Å². The first-order chi connectivity index (χ1) is 9.06. The van der Waals surface area contributed by atoms with Crippen molar-refractivity contribution in [2.45, 2.75) is 52.6 Å². The van der Waals surface area contributed by atoms with E-state index in [1.807, 2.05) is 12.1 Å². The Labute approximate surface area is 117 Å². The van der Waals surface area contributed by atoms with Gasteiger partial charge < -0.3 is 10.5 Å². The van der Waals surface area contributed by atoms with Crippen LogP contribution in [0.3, 0.4) is 0 Å². The lowest BCUT2D eigenvalue weighted by atomic mass is 10.1. The van der Waals surface area contributed by atoms with Gasteiger partial charge in [0, 0.05) is 24.3 Å². The first-order valence-electron chi connectivity index (χ1n) is 7.24. The highest BCUT2D eigenvalue weighted by Gasteiger charge is 2.10. The quantitative estimate of drug-likeness (QED) is 0.575. The monoisotopic (exact) mass is 264 g/mol. The van der Waals surface area contributed by atoms with E-state index in [0.717, 1.165) is 24.5 Å². The van der Waals surface area contributed by atoms with Crippen LogP contribution in [0, 0.1) is 0 Å². The molecule has 0 aliphatic heterocycles. The smallest absolute Gasteiger partial charge is 0.121 e. The number of methoxy groups -OCH3 is 1. The summed E-state index contributed by atoms with van der Waals surface area (Å²) in [5, 5.41) is 0. The molecule has 0 saturated heterocycles. The van der Waals surface area contributed by atoms with E-state index in [2.05, 4.69) is 31.7 Å². The molecule has 19 heavy (non-hydrogen) atoms. The molecule has 0 aliphatic rings. The Morgan fingerprint density at radius 1 is 1.21 bits per heavy atom. The lowest BCUT2D eigenvalue weighted by molar-refractivity contribution is 0.208. The number of hydrogen-bond acceptors (Lipinski definition) is 3. The number of hydrogen-bond donors (Lipinski definition) is 1. The van der Waals surface area contributed by atoms with Gasteiger partial charge in [-0.2, -0.15) is 0 Å². The van der Waals surface area contributed by atoms with Gasteiger partial charge in [0.25, 0.3) is 0 Å². The van der Waals surface area contributed by atoms with Crippen LogP contribution in [0.25, 0.3) is 0 Å². The van der Waals surface area contributed by atoms with Crippen LogP contribution in [0.1, 0.15) is 45.6 Å². The highest BCUT2D eigenvalue weighted by atomic mass is 16.5. The Bertz CT molecular complexity index is 377. The second-order valence-corrected chi connectivity index (χ2v) is 5.39. The molecule has 1 rings (SSSR count). The summed E-state index contributed by atoms with van der Waals surface area (Å²) in [4.78, 5) is 2.49. The third-order valence-electron chi connectivity index (χ3n) is 3.39. The summed E-state index contributed by atoms with van der Waals surface area (Å²) < 4.78 is 5.28. The molecule has 3 heteroatoms. The number of nitrogens with two attached hydrogens (primary N) is 1. The minimum Gasteiger partial charge on any atom is -0.497 e. The molecule has 0 amide bonds. The Hall–Kier alpha value is -1.22. The van der Waals surface area contributed by atoms with Crippen LogP contribution < -0.4 is 10.5 Å². The Morgan fingerprint density at radius 3 is 2.53 bits per heavy atom. The second-order valence-electron chi connectivity index (χ2n) is 5.39. The van der Waals surface area contributed by atoms with E-state index >= 15 is 0 Å². The third kappa shape index (κ3) is 5.52. The summed E-state index contributed by atoms with van der Waals surface area (Å²) >= 11 is 0. The molecule has 0 spiro atoms. The maximum atomic E-state index is 5.91. The van der Waals surface area contributed by atoms with Gasteiger partial charge in [0.05, 0.1) is 7.11 Å². The van der Waals surface area contributed by atoms with Crippen LogP contribution in [-0.4, -0.2) is 24.6 Å². The number of ether oxygens (including phenoxy) is 1. The van der Waals surface area contributed by atoms with E-state index in [1.54, 1.807) is 7.11 Å². The Balaban J connectivity index is 2.69. The van der Waals surface area contributed by atoms with Crippen molar-refractivity contribution in [2.75, 3.05) is 19.4 Å². The van der Waals surface area contributed by atoms with Gasteiger partial charge in [0.2, 0.25) is 0 Å². The summed E-state index contributed by atoms with van der Waals surface area (Å²) in [5.74, 6) is 0.840. The summed E-state index contributed by atoms with van der Waals surface area (Å²) in [5.41, 5.74) is 7.90. The first-order valence-corrected chi connectivity index (χ1v) is 7.24. The standard InChI is InChI=1S/C16H28N2O/c1-5-6-7-8-18(13(2)3)12-14-9-15(17)11-16(10-14)19-4/h9-11,13H,5-8,12,17H2,1-4H3. The van der Waals surface area contributed by atoms with Crippen molar-refractivity contribution in [2.24, 2.45) is 0 Å². The van der Waals surface area contributed by atoms with Crippen molar-refractivity contribution in [3.8, 4) is 5.75 Å². The molecule has 3 nitrogen and oxygen atoms in total. The molecule has 0 aromatic heterocycles. The van der Waals surface area contributed by atoms with E-state index in [0.29, 0.717) is 6.04 Å². The predicted molar refractivity (Wildman–Crippen MR) is 82.5 cm³/mol. The van der Waals surface area contributed by atoms with Gasteiger partial charge in [0.1, 0.15) is 5.75 Å². The Morgan fingerprint density at radius 2 is 1.95 bits per heavy atom. The van der Waals surface area contributed by atoms with Gasteiger partial charge >= 0.3 is 0 Å². The van der Waals surface area contributed by atoms with Gasteiger partial charge in [0.15, 0.2) is 0 Å². The van der Waals surface area contributed by atoms with Gasteiger partial charge in [-0.3, -0.25) is 4.90 Å². The lowest BCUT2D eigenvalue weighted by Gasteiger charge is -2.26. The number of anilines is 1. The predicted octanol–water partition coefficient (Wildman–Crippen LogP) is 3.68. The average molecular weight is 264 g/mol. The molecule has 0 fully saturated rings. The van der Waals surface area contributed by atoms with Crippen LogP contribution in [0.4, 0.5) is 5.69 Å². The largest absolute Gasteiger partial charge is 0.497 e. The summed E-state index contributed by atoms with van der Waals surface area (Å²) in [6.07, 6.45) is 3.82. The molecule has 0 radical (unpaired) electrons. The minimum absolute atomic E-state index is 0.546. The third-order valence-corrected chi connectivity index (χ3v) is 3.39. The maximum Gasteiger partial charge on any atom is 0.121 e. The fraction of sp³-hybridized carbons (Fsp3) is 0.625. The molecule has 0 unspecified atom stereocenters. The van der Waals surface area contributed by atoms with Crippen LogP contribution in [0.15, 0.2) is 18.2 Å². The number of unbranched alkanes of at least 4 members (excludes halogenated alkanes) is 2. The lowest BCUT2D eigenvalue weighted by Crippen LogP contribution is -2.31. The van der Waals surface area contributed by atoms with Gasteiger partial charge in [-0.25, -0.2) is 0 Å². The molecule has 0 atom stereocenters. The van der Waals surface area contributed by atoms with E-state index in [9.17, 15) is 0 Å². The highest BCUT2D eigenvalue weighted by Crippen LogP contribution is 2.20. The van der Waals surface area contributed by atoms with Gasteiger partial charge in [-0.15, -0.1) is 0 Å².